The van der Waals surface area contributed by atoms with Crippen LogP contribution in [0.1, 0.15) is 24.1 Å². The standard InChI is InChI=1S/C13H24N4O.ClH/c1-10-12(13(18-3)16(2)15-10)9-17-6-4-11(8-14)5-7-17;/h11H,4-9,14H2,1-3H3;1H. The van der Waals surface area contributed by atoms with Crippen molar-refractivity contribution in [2.75, 3.05) is 26.7 Å². The van der Waals surface area contributed by atoms with E-state index in [9.17, 15) is 0 Å². The van der Waals surface area contributed by atoms with Gasteiger partial charge in [-0.1, -0.05) is 0 Å². The molecule has 0 aliphatic carbocycles. The van der Waals surface area contributed by atoms with Gasteiger partial charge in [0, 0.05) is 13.6 Å². The minimum Gasteiger partial charge on any atom is -0.481 e. The summed E-state index contributed by atoms with van der Waals surface area (Å²) in [5.41, 5.74) is 8.00. The molecule has 0 radical (unpaired) electrons. The van der Waals surface area contributed by atoms with Crippen molar-refractivity contribution in [1.29, 1.82) is 0 Å². The van der Waals surface area contributed by atoms with E-state index < -0.39 is 0 Å². The Kier molecular flexibility index (Phi) is 6.10. The van der Waals surface area contributed by atoms with Crippen molar-refractivity contribution in [2.45, 2.75) is 26.3 Å². The van der Waals surface area contributed by atoms with Crippen molar-refractivity contribution in [3.63, 3.8) is 0 Å². The number of rotatable bonds is 4. The van der Waals surface area contributed by atoms with Crippen molar-refractivity contribution in [1.82, 2.24) is 14.7 Å². The first kappa shape index (κ1) is 16.3. The highest BCUT2D eigenvalue weighted by Crippen LogP contribution is 2.25. The number of ether oxygens (including phenoxy) is 1. The van der Waals surface area contributed by atoms with Crippen LogP contribution < -0.4 is 10.5 Å². The summed E-state index contributed by atoms with van der Waals surface area (Å²) in [7, 11) is 3.64. The van der Waals surface area contributed by atoms with Gasteiger partial charge in [-0.05, 0) is 45.3 Å². The fourth-order valence-corrected chi connectivity index (χ4v) is 2.72. The molecule has 110 valence electrons. The SMILES string of the molecule is COc1c(CN2CCC(CN)CC2)c(C)nn1C.Cl. The van der Waals surface area contributed by atoms with Gasteiger partial charge in [0.25, 0.3) is 0 Å². The molecule has 0 atom stereocenters. The lowest BCUT2D eigenvalue weighted by molar-refractivity contribution is 0.178. The molecule has 0 saturated carbocycles. The van der Waals surface area contributed by atoms with Crippen molar-refractivity contribution >= 4 is 12.4 Å². The summed E-state index contributed by atoms with van der Waals surface area (Å²) in [4.78, 5) is 2.47. The molecule has 6 heteroatoms. The summed E-state index contributed by atoms with van der Waals surface area (Å²) in [6.07, 6.45) is 2.41. The minimum absolute atomic E-state index is 0. The van der Waals surface area contributed by atoms with Crippen LogP contribution in [0, 0.1) is 12.8 Å². The van der Waals surface area contributed by atoms with Crippen molar-refractivity contribution in [3.8, 4) is 5.88 Å². The van der Waals surface area contributed by atoms with Crippen LogP contribution >= 0.6 is 12.4 Å². The first-order valence-electron chi connectivity index (χ1n) is 6.64. The Morgan fingerprint density at radius 3 is 2.53 bits per heavy atom. The number of likely N-dealkylation sites (tertiary alicyclic amines) is 1. The van der Waals surface area contributed by atoms with Crippen LogP contribution in [0.4, 0.5) is 0 Å². The lowest BCUT2D eigenvalue weighted by Gasteiger charge is -2.31. The zero-order valence-electron chi connectivity index (χ0n) is 12.1. The number of hydrogen-bond acceptors (Lipinski definition) is 4. The number of nitrogens with two attached hydrogens (primary N) is 1. The van der Waals surface area contributed by atoms with Gasteiger partial charge in [-0.2, -0.15) is 5.10 Å². The molecule has 5 nitrogen and oxygen atoms in total. The van der Waals surface area contributed by atoms with E-state index in [1.54, 1.807) is 7.11 Å². The second-order valence-corrected chi connectivity index (χ2v) is 5.15. The highest BCUT2D eigenvalue weighted by Gasteiger charge is 2.21. The van der Waals surface area contributed by atoms with E-state index in [-0.39, 0.29) is 12.4 Å². The van der Waals surface area contributed by atoms with Crippen molar-refractivity contribution in [2.24, 2.45) is 18.7 Å². The third kappa shape index (κ3) is 3.61. The largest absolute Gasteiger partial charge is 0.481 e. The van der Waals surface area contributed by atoms with E-state index >= 15 is 0 Å². The Hall–Kier alpha value is -0.780. The van der Waals surface area contributed by atoms with Crippen molar-refractivity contribution < 1.29 is 4.74 Å². The van der Waals surface area contributed by atoms with Gasteiger partial charge in [0.05, 0.1) is 18.4 Å². The number of hydrogen-bond donors (Lipinski definition) is 1. The quantitative estimate of drug-likeness (QED) is 0.908. The van der Waals surface area contributed by atoms with E-state index in [0.29, 0.717) is 5.92 Å². The molecule has 2 N–H and O–H groups in total. The molecular weight excluding hydrogens is 264 g/mol. The van der Waals surface area contributed by atoms with Crippen LogP contribution in [0.15, 0.2) is 0 Å². The predicted octanol–water partition coefficient (Wildman–Crippen LogP) is 1.33. The Morgan fingerprint density at radius 2 is 2.00 bits per heavy atom. The normalized spacial score (nSPS) is 17.3. The first-order valence-corrected chi connectivity index (χ1v) is 6.64. The molecular formula is C13H25ClN4O. The lowest BCUT2D eigenvalue weighted by Crippen LogP contribution is -2.35. The lowest BCUT2D eigenvalue weighted by atomic mass is 9.97. The van der Waals surface area contributed by atoms with E-state index in [1.807, 2.05) is 18.7 Å². The number of nitrogens with zero attached hydrogens (tertiary/aromatic N) is 3. The fourth-order valence-electron chi connectivity index (χ4n) is 2.72. The fraction of sp³-hybridized carbons (Fsp3) is 0.769. The zero-order valence-corrected chi connectivity index (χ0v) is 12.9. The average molecular weight is 289 g/mol. The third-order valence-electron chi connectivity index (χ3n) is 3.90. The van der Waals surface area contributed by atoms with Gasteiger partial charge in [0.15, 0.2) is 0 Å². The molecule has 1 aromatic rings. The average Bonchev–Trinajstić information content (AvgIpc) is 2.64. The van der Waals surface area contributed by atoms with E-state index in [0.717, 1.165) is 37.8 Å². The minimum atomic E-state index is 0. The van der Waals surface area contributed by atoms with Gasteiger partial charge >= 0.3 is 0 Å². The van der Waals surface area contributed by atoms with Gasteiger partial charge in [-0.3, -0.25) is 4.90 Å². The third-order valence-corrected chi connectivity index (χ3v) is 3.90. The van der Waals surface area contributed by atoms with E-state index in [4.69, 9.17) is 10.5 Å². The van der Waals surface area contributed by atoms with Gasteiger partial charge in [-0.15, -0.1) is 12.4 Å². The first-order chi connectivity index (χ1) is 8.65. The molecule has 2 heterocycles. The van der Waals surface area contributed by atoms with E-state index in [1.165, 1.54) is 18.4 Å². The van der Waals surface area contributed by atoms with Gasteiger partial charge in [0.1, 0.15) is 0 Å². The highest BCUT2D eigenvalue weighted by molar-refractivity contribution is 5.85. The van der Waals surface area contributed by atoms with Crippen LogP contribution in [-0.2, 0) is 13.6 Å². The molecule has 0 bridgehead atoms. The Morgan fingerprint density at radius 1 is 1.37 bits per heavy atom. The summed E-state index contributed by atoms with van der Waals surface area (Å²) in [5.74, 6) is 1.59. The Labute approximate surface area is 121 Å². The van der Waals surface area contributed by atoms with E-state index in [2.05, 4.69) is 10.00 Å². The summed E-state index contributed by atoms with van der Waals surface area (Å²) >= 11 is 0. The number of aryl methyl sites for hydroxylation is 2. The van der Waals surface area contributed by atoms with Gasteiger partial charge in [0.2, 0.25) is 5.88 Å². The predicted molar refractivity (Wildman–Crippen MR) is 78.8 cm³/mol. The second kappa shape index (κ2) is 7.12. The van der Waals surface area contributed by atoms with Crippen molar-refractivity contribution in [3.05, 3.63) is 11.3 Å². The molecule has 1 saturated heterocycles. The molecule has 0 aromatic carbocycles. The molecule has 2 rings (SSSR count). The zero-order chi connectivity index (χ0) is 13.1. The topological polar surface area (TPSA) is 56.3 Å². The summed E-state index contributed by atoms with van der Waals surface area (Å²) in [6, 6.07) is 0. The molecule has 0 unspecified atom stereocenters. The summed E-state index contributed by atoms with van der Waals surface area (Å²) in [5, 5.41) is 4.42. The molecule has 1 aliphatic heterocycles. The van der Waals surface area contributed by atoms with Gasteiger partial charge in [-0.25, -0.2) is 4.68 Å². The maximum atomic E-state index is 5.72. The molecule has 0 amide bonds. The molecule has 1 aromatic heterocycles. The molecule has 1 aliphatic rings. The summed E-state index contributed by atoms with van der Waals surface area (Å²) < 4.78 is 7.25. The number of aromatic nitrogens is 2. The van der Waals surface area contributed by atoms with Crippen LogP contribution in [0.3, 0.4) is 0 Å². The van der Waals surface area contributed by atoms with Gasteiger partial charge < -0.3 is 10.5 Å². The molecule has 0 spiro atoms. The second-order valence-electron chi connectivity index (χ2n) is 5.15. The maximum Gasteiger partial charge on any atom is 0.216 e. The smallest absolute Gasteiger partial charge is 0.216 e. The number of piperidine rings is 1. The van der Waals surface area contributed by atoms with Crippen LogP contribution in [-0.4, -0.2) is 41.4 Å². The molecule has 1 fully saturated rings. The number of methoxy groups -OCH3 is 1. The summed E-state index contributed by atoms with van der Waals surface area (Å²) in [6.45, 7) is 6.05. The monoisotopic (exact) mass is 288 g/mol. The number of halogens is 1. The Bertz CT molecular complexity index is 400. The van der Waals surface area contributed by atoms with Crippen LogP contribution in [0.2, 0.25) is 0 Å². The highest BCUT2D eigenvalue weighted by atomic mass is 35.5. The van der Waals surface area contributed by atoms with Crippen LogP contribution in [0.25, 0.3) is 0 Å². The van der Waals surface area contributed by atoms with Crippen LogP contribution in [0.5, 0.6) is 5.88 Å². The molecule has 19 heavy (non-hydrogen) atoms. The Balaban J connectivity index is 0.00000180. The maximum absolute atomic E-state index is 5.72.